The zero-order chi connectivity index (χ0) is 35.7. The summed E-state index contributed by atoms with van der Waals surface area (Å²) < 4.78 is 24.0. The second-order valence-electron chi connectivity index (χ2n) is 16.9. The third-order valence-electron chi connectivity index (χ3n) is 12.8. The van der Waals surface area contributed by atoms with Crippen LogP contribution in [0.2, 0.25) is 24.7 Å². The SMILES string of the molecule is CCCCc1cc(C2(c3ccc(OCC4CO4)c(CCC[Si](C)(C)C4CCC(C)CC4)c3)c3ccccc3-c3ccccc32)ccc1OCC1CO1. The summed E-state index contributed by atoms with van der Waals surface area (Å²) in [5.41, 5.74) is 11.1. The van der Waals surface area contributed by atoms with Crippen LogP contribution in [0.15, 0.2) is 84.9 Å². The molecule has 0 amide bonds. The van der Waals surface area contributed by atoms with Crippen molar-refractivity contribution in [3.05, 3.63) is 118 Å². The summed E-state index contributed by atoms with van der Waals surface area (Å²) in [4.78, 5) is 0. The van der Waals surface area contributed by atoms with E-state index in [0.717, 1.165) is 61.9 Å². The van der Waals surface area contributed by atoms with Crippen LogP contribution in [0, 0.1) is 5.92 Å². The van der Waals surface area contributed by atoms with Crippen LogP contribution >= 0.6 is 0 Å². The smallest absolute Gasteiger partial charge is 0.122 e. The Bertz CT molecular complexity index is 1800. The molecule has 2 aliphatic heterocycles. The van der Waals surface area contributed by atoms with Gasteiger partial charge in [0.1, 0.15) is 36.9 Å². The van der Waals surface area contributed by atoms with Gasteiger partial charge in [-0.3, -0.25) is 0 Å². The standard InChI is InChI=1S/C47H58O4Si/c1-5-6-12-34-27-36(20-24-45(34)50-31-38-29-48-38)47(43-16-9-7-14-41(43)42-15-8-10-17-44(42)47)37-21-25-46(51-32-39-30-49-39)35(28-37)13-11-26-52(3,4)40-22-18-33(2)19-23-40/h7-10,14-17,20-21,24-25,27-28,33,38-40H,5-6,11-13,18-19,22-23,26,29-32H2,1-4H3. The molecular weight excluding hydrogens is 657 g/mol. The molecule has 8 rings (SSSR count). The second-order valence-corrected chi connectivity index (χ2v) is 22.2. The fourth-order valence-corrected chi connectivity index (χ4v) is 12.8. The molecular formula is C47H58O4Si. The molecule has 0 N–H and O–H groups in total. The first-order chi connectivity index (χ1) is 25.4. The van der Waals surface area contributed by atoms with E-state index in [1.807, 2.05) is 0 Å². The zero-order valence-corrected chi connectivity index (χ0v) is 32.9. The van der Waals surface area contributed by atoms with Crippen LogP contribution in [0.25, 0.3) is 11.1 Å². The maximum atomic E-state index is 6.56. The lowest BCUT2D eigenvalue weighted by Gasteiger charge is -2.37. The average Bonchev–Trinajstić information content (AvgIpc) is 4.11. The molecule has 274 valence electrons. The van der Waals surface area contributed by atoms with Gasteiger partial charge in [-0.2, -0.15) is 0 Å². The Hall–Kier alpha value is -3.38. The molecule has 0 bridgehead atoms. The van der Waals surface area contributed by atoms with Gasteiger partial charge >= 0.3 is 0 Å². The molecule has 4 aliphatic rings. The number of hydrogen-bond acceptors (Lipinski definition) is 4. The van der Waals surface area contributed by atoms with Crippen molar-refractivity contribution in [1.82, 2.24) is 0 Å². The molecule has 2 atom stereocenters. The number of hydrogen-bond donors (Lipinski definition) is 0. The number of ether oxygens (including phenoxy) is 4. The molecule has 2 saturated heterocycles. The summed E-state index contributed by atoms with van der Waals surface area (Å²) in [5, 5.41) is 0. The van der Waals surface area contributed by atoms with Gasteiger partial charge in [0, 0.05) is 0 Å². The number of benzene rings is 4. The summed E-state index contributed by atoms with van der Waals surface area (Å²) in [5.74, 6) is 2.92. The molecule has 52 heavy (non-hydrogen) atoms. The number of unbranched alkanes of at least 4 members (excludes halogenated alkanes) is 1. The monoisotopic (exact) mass is 714 g/mol. The third kappa shape index (κ3) is 7.26. The van der Waals surface area contributed by atoms with Crippen LogP contribution in [-0.4, -0.2) is 46.7 Å². The lowest BCUT2D eigenvalue weighted by Crippen LogP contribution is -2.34. The minimum Gasteiger partial charge on any atom is -0.491 e. The predicted molar refractivity (Wildman–Crippen MR) is 215 cm³/mol. The van der Waals surface area contributed by atoms with Crippen LogP contribution in [-0.2, 0) is 27.7 Å². The Morgan fingerprint density at radius 2 is 1.17 bits per heavy atom. The van der Waals surface area contributed by atoms with Crippen molar-refractivity contribution in [2.75, 3.05) is 26.4 Å². The van der Waals surface area contributed by atoms with Gasteiger partial charge in [-0.05, 0) is 87.4 Å². The summed E-state index contributed by atoms with van der Waals surface area (Å²) in [7, 11) is -1.34. The number of aryl methyl sites for hydroxylation is 2. The normalized spacial score (nSPS) is 22.8. The van der Waals surface area contributed by atoms with Gasteiger partial charge in [0.2, 0.25) is 0 Å². The number of fused-ring (bicyclic) bond motifs is 3. The zero-order valence-electron chi connectivity index (χ0n) is 31.9. The molecule has 0 spiro atoms. The van der Waals surface area contributed by atoms with E-state index >= 15 is 0 Å². The Morgan fingerprint density at radius 3 is 1.67 bits per heavy atom. The van der Waals surface area contributed by atoms with Crippen molar-refractivity contribution in [3.63, 3.8) is 0 Å². The molecule has 2 unspecified atom stereocenters. The quantitative estimate of drug-likeness (QED) is 0.0754. The van der Waals surface area contributed by atoms with E-state index in [0.29, 0.717) is 13.2 Å². The van der Waals surface area contributed by atoms with Crippen molar-refractivity contribution >= 4 is 8.07 Å². The van der Waals surface area contributed by atoms with Gasteiger partial charge in [0.15, 0.2) is 0 Å². The van der Waals surface area contributed by atoms with Crippen molar-refractivity contribution in [1.29, 1.82) is 0 Å². The third-order valence-corrected chi connectivity index (χ3v) is 17.2. The fraction of sp³-hybridized carbons (Fsp3) is 0.489. The Balaban J connectivity index is 1.21. The summed E-state index contributed by atoms with van der Waals surface area (Å²) in [6.45, 7) is 12.9. The van der Waals surface area contributed by atoms with Crippen molar-refractivity contribution in [2.45, 2.75) is 114 Å². The minimum absolute atomic E-state index is 0.223. The number of epoxide rings is 2. The summed E-state index contributed by atoms with van der Waals surface area (Å²) in [6, 6.07) is 33.7. The highest BCUT2D eigenvalue weighted by Crippen LogP contribution is 2.57. The van der Waals surface area contributed by atoms with Gasteiger partial charge in [0.25, 0.3) is 0 Å². The van der Waals surface area contributed by atoms with Gasteiger partial charge in [0.05, 0.1) is 26.7 Å². The first-order valence-electron chi connectivity index (χ1n) is 20.3. The average molecular weight is 715 g/mol. The minimum atomic E-state index is -1.34. The van der Waals surface area contributed by atoms with E-state index in [1.54, 1.807) is 0 Å². The Labute approximate surface area is 313 Å². The van der Waals surface area contributed by atoms with Crippen molar-refractivity contribution in [2.24, 2.45) is 5.92 Å². The summed E-state index contributed by atoms with van der Waals surface area (Å²) >= 11 is 0. The predicted octanol–water partition coefficient (Wildman–Crippen LogP) is 11.2. The van der Waals surface area contributed by atoms with Crippen LogP contribution in [0.1, 0.15) is 92.2 Å². The molecule has 0 radical (unpaired) electrons. The van der Waals surface area contributed by atoms with Gasteiger partial charge < -0.3 is 18.9 Å². The Morgan fingerprint density at radius 1 is 0.673 bits per heavy atom. The second kappa shape index (κ2) is 15.2. The van der Waals surface area contributed by atoms with Crippen LogP contribution in [0.4, 0.5) is 0 Å². The highest BCUT2D eigenvalue weighted by molar-refractivity contribution is 6.78. The lowest BCUT2D eigenvalue weighted by molar-refractivity contribution is 0.261. The van der Waals surface area contributed by atoms with E-state index in [-0.39, 0.29) is 12.2 Å². The topological polar surface area (TPSA) is 43.5 Å². The highest BCUT2D eigenvalue weighted by atomic mass is 28.3. The van der Waals surface area contributed by atoms with Gasteiger partial charge in [-0.1, -0.05) is 144 Å². The molecule has 2 heterocycles. The first-order valence-corrected chi connectivity index (χ1v) is 23.6. The maximum absolute atomic E-state index is 6.56. The van der Waals surface area contributed by atoms with E-state index in [2.05, 4.69) is 112 Å². The molecule has 5 heteroatoms. The van der Waals surface area contributed by atoms with Crippen molar-refractivity contribution < 1.29 is 18.9 Å². The van der Waals surface area contributed by atoms with Crippen molar-refractivity contribution in [3.8, 4) is 22.6 Å². The fourth-order valence-electron chi connectivity index (χ4n) is 9.36. The lowest BCUT2D eigenvalue weighted by atomic mass is 9.67. The van der Waals surface area contributed by atoms with Gasteiger partial charge in [-0.15, -0.1) is 0 Å². The molecule has 3 fully saturated rings. The molecule has 1 saturated carbocycles. The molecule has 0 aromatic heterocycles. The van der Waals surface area contributed by atoms with E-state index < -0.39 is 13.5 Å². The molecule has 4 aromatic carbocycles. The highest BCUT2D eigenvalue weighted by Gasteiger charge is 2.46. The molecule has 2 aliphatic carbocycles. The van der Waals surface area contributed by atoms with E-state index in [4.69, 9.17) is 18.9 Å². The maximum Gasteiger partial charge on any atom is 0.122 e. The molecule has 4 aromatic rings. The Kier molecular flexibility index (Phi) is 10.4. The van der Waals surface area contributed by atoms with Crippen LogP contribution < -0.4 is 9.47 Å². The van der Waals surface area contributed by atoms with E-state index in [1.165, 1.54) is 82.7 Å². The van der Waals surface area contributed by atoms with Crippen LogP contribution in [0.3, 0.4) is 0 Å². The van der Waals surface area contributed by atoms with Gasteiger partial charge in [-0.25, -0.2) is 0 Å². The molecule has 4 nitrogen and oxygen atoms in total. The summed E-state index contributed by atoms with van der Waals surface area (Å²) in [6.07, 6.45) is 11.7. The van der Waals surface area contributed by atoms with E-state index in [9.17, 15) is 0 Å². The number of rotatable bonds is 16. The largest absolute Gasteiger partial charge is 0.491 e. The van der Waals surface area contributed by atoms with Crippen LogP contribution in [0.5, 0.6) is 11.5 Å². The first kappa shape index (κ1) is 35.6.